The lowest BCUT2D eigenvalue weighted by atomic mass is 9.88. The molecule has 0 aromatic carbocycles. The fourth-order valence-corrected chi connectivity index (χ4v) is 1.70. The van der Waals surface area contributed by atoms with E-state index < -0.39 is 0 Å². The zero-order chi connectivity index (χ0) is 12.0. The van der Waals surface area contributed by atoms with Crippen molar-refractivity contribution in [3.05, 3.63) is 17.8 Å². The predicted molar refractivity (Wildman–Crippen MR) is 66.1 cm³/mol. The Morgan fingerprint density at radius 2 is 2.06 bits per heavy atom. The summed E-state index contributed by atoms with van der Waals surface area (Å²) in [5.41, 5.74) is 1.14. The van der Waals surface area contributed by atoms with Gasteiger partial charge in [-0.05, 0) is 30.9 Å². The first-order chi connectivity index (χ1) is 7.28. The Bertz CT molecular complexity index is 405. The molecule has 3 heteroatoms. The molecule has 0 saturated carbocycles. The molecule has 1 aliphatic heterocycles. The Balaban J connectivity index is 2.39. The van der Waals surface area contributed by atoms with E-state index in [4.69, 9.17) is 4.74 Å². The number of pyridine rings is 1. The summed E-state index contributed by atoms with van der Waals surface area (Å²) in [7, 11) is 0. The topological polar surface area (TPSA) is 34.2 Å². The summed E-state index contributed by atoms with van der Waals surface area (Å²) in [6.45, 7) is 11.5. The summed E-state index contributed by atoms with van der Waals surface area (Å²) in [4.78, 5) is 4.42. The predicted octanol–water partition coefficient (Wildman–Crippen LogP) is 2.96. The number of hydrogen-bond donors (Lipinski definition) is 1. The van der Waals surface area contributed by atoms with Gasteiger partial charge in [-0.2, -0.15) is 0 Å². The van der Waals surface area contributed by atoms with Gasteiger partial charge in [-0.25, -0.2) is 4.98 Å². The summed E-state index contributed by atoms with van der Waals surface area (Å²) in [5, 5.41) is 3.30. The number of rotatable bonds is 0. The maximum absolute atomic E-state index is 5.93. The molecule has 2 rings (SSSR count). The molecule has 0 spiro atoms. The molecule has 0 fully saturated rings. The Morgan fingerprint density at radius 3 is 2.69 bits per heavy atom. The smallest absolute Gasteiger partial charge is 0.168 e. The van der Waals surface area contributed by atoms with Crippen molar-refractivity contribution in [3.8, 4) is 5.75 Å². The van der Waals surface area contributed by atoms with Gasteiger partial charge in [-0.1, -0.05) is 20.8 Å². The van der Waals surface area contributed by atoms with Gasteiger partial charge in [0.2, 0.25) is 0 Å². The summed E-state index contributed by atoms with van der Waals surface area (Å²) < 4.78 is 5.93. The van der Waals surface area contributed by atoms with E-state index in [2.05, 4.69) is 51.0 Å². The molecule has 1 aromatic heterocycles. The number of aromatic nitrogens is 1. The lowest BCUT2D eigenvalue weighted by Gasteiger charge is -2.33. The average Bonchev–Trinajstić information content (AvgIpc) is 2.13. The quantitative estimate of drug-likeness (QED) is 0.730. The molecule has 1 aromatic rings. The van der Waals surface area contributed by atoms with Crippen molar-refractivity contribution in [2.45, 2.75) is 45.6 Å². The molecule has 88 valence electrons. The fraction of sp³-hybridized carbons (Fsp3) is 0.615. The van der Waals surface area contributed by atoms with Crippen molar-refractivity contribution in [2.75, 3.05) is 11.9 Å². The number of anilines is 1. The molecular weight excluding hydrogens is 200 g/mol. The van der Waals surface area contributed by atoms with Crippen molar-refractivity contribution in [2.24, 2.45) is 0 Å². The number of fused-ring (bicyclic) bond motifs is 1. The molecule has 16 heavy (non-hydrogen) atoms. The van der Waals surface area contributed by atoms with Gasteiger partial charge in [0.15, 0.2) is 11.6 Å². The first-order valence-corrected chi connectivity index (χ1v) is 5.71. The second kappa shape index (κ2) is 3.37. The summed E-state index contributed by atoms with van der Waals surface area (Å²) in [6, 6.07) is 2.09. The van der Waals surface area contributed by atoms with E-state index in [1.165, 1.54) is 5.56 Å². The van der Waals surface area contributed by atoms with Gasteiger partial charge in [0.1, 0.15) is 5.60 Å². The van der Waals surface area contributed by atoms with E-state index in [1.54, 1.807) is 0 Å². The van der Waals surface area contributed by atoms with Crippen LogP contribution in [0.2, 0.25) is 0 Å². The zero-order valence-electron chi connectivity index (χ0n) is 10.7. The average molecular weight is 220 g/mol. The van der Waals surface area contributed by atoms with E-state index in [1.807, 2.05) is 6.20 Å². The highest BCUT2D eigenvalue weighted by Crippen LogP contribution is 2.34. The van der Waals surface area contributed by atoms with Gasteiger partial charge in [0, 0.05) is 6.20 Å². The monoisotopic (exact) mass is 220 g/mol. The van der Waals surface area contributed by atoms with Gasteiger partial charge in [-0.3, -0.25) is 0 Å². The SMILES string of the molecule is CC1(C)CNc2ncc(C(C)(C)C)cc2O1. The minimum atomic E-state index is -0.162. The van der Waals surface area contributed by atoms with E-state index in [0.29, 0.717) is 0 Å². The molecule has 0 atom stereocenters. The standard InChI is InChI=1S/C13H20N2O/c1-12(2,3)9-6-10-11(14-7-9)15-8-13(4,5)16-10/h6-7H,8H2,1-5H3,(H,14,15). The van der Waals surface area contributed by atoms with Crippen LogP contribution >= 0.6 is 0 Å². The normalized spacial score (nSPS) is 18.3. The van der Waals surface area contributed by atoms with E-state index in [0.717, 1.165) is 18.1 Å². The minimum Gasteiger partial charge on any atom is -0.482 e. The van der Waals surface area contributed by atoms with Crippen molar-refractivity contribution in [1.82, 2.24) is 4.98 Å². The molecule has 1 aliphatic rings. The highest BCUT2D eigenvalue weighted by Gasteiger charge is 2.28. The Morgan fingerprint density at radius 1 is 1.38 bits per heavy atom. The maximum Gasteiger partial charge on any atom is 0.168 e. The Hall–Kier alpha value is -1.25. The van der Waals surface area contributed by atoms with Crippen LogP contribution < -0.4 is 10.1 Å². The fourth-order valence-electron chi connectivity index (χ4n) is 1.70. The van der Waals surface area contributed by atoms with Crippen LogP contribution in [-0.4, -0.2) is 17.1 Å². The third-order valence-electron chi connectivity index (χ3n) is 2.79. The van der Waals surface area contributed by atoms with Gasteiger partial charge < -0.3 is 10.1 Å². The molecule has 0 aliphatic carbocycles. The highest BCUT2D eigenvalue weighted by molar-refractivity contribution is 5.54. The highest BCUT2D eigenvalue weighted by atomic mass is 16.5. The lowest BCUT2D eigenvalue weighted by Crippen LogP contribution is -2.40. The summed E-state index contributed by atoms with van der Waals surface area (Å²) in [6.07, 6.45) is 1.92. The first kappa shape index (κ1) is 11.2. The lowest BCUT2D eigenvalue weighted by molar-refractivity contribution is 0.115. The van der Waals surface area contributed by atoms with Crippen molar-refractivity contribution in [3.63, 3.8) is 0 Å². The molecule has 0 saturated heterocycles. The zero-order valence-corrected chi connectivity index (χ0v) is 10.7. The van der Waals surface area contributed by atoms with Gasteiger partial charge >= 0.3 is 0 Å². The first-order valence-electron chi connectivity index (χ1n) is 5.71. The molecule has 1 N–H and O–H groups in total. The number of nitrogens with one attached hydrogen (secondary N) is 1. The largest absolute Gasteiger partial charge is 0.482 e. The van der Waals surface area contributed by atoms with E-state index in [9.17, 15) is 0 Å². The van der Waals surface area contributed by atoms with Gasteiger partial charge in [0.25, 0.3) is 0 Å². The van der Waals surface area contributed by atoms with Crippen molar-refractivity contribution >= 4 is 5.82 Å². The minimum absolute atomic E-state index is 0.104. The van der Waals surface area contributed by atoms with Crippen LogP contribution in [0.25, 0.3) is 0 Å². The second-order valence-electron chi connectivity index (χ2n) is 6.04. The maximum atomic E-state index is 5.93. The van der Waals surface area contributed by atoms with Gasteiger partial charge in [0.05, 0.1) is 6.54 Å². The number of nitrogens with zero attached hydrogens (tertiary/aromatic N) is 1. The van der Waals surface area contributed by atoms with Crippen LogP contribution in [0, 0.1) is 0 Å². The van der Waals surface area contributed by atoms with Crippen LogP contribution in [0.1, 0.15) is 40.2 Å². The van der Waals surface area contributed by atoms with Gasteiger partial charge in [-0.15, -0.1) is 0 Å². The van der Waals surface area contributed by atoms with E-state index in [-0.39, 0.29) is 11.0 Å². The van der Waals surface area contributed by atoms with Crippen LogP contribution in [0.15, 0.2) is 12.3 Å². The van der Waals surface area contributed by atoms with E-state index >= 15 is 0 Å². The number of hydrogen-bond acceptors (Lipinski definition) is 3. The summed E-state index contributed by atoms with van der Waals surface area (Å²) >= 11 is 0. The number of ether oxygens (including phenoxy) is 1. The molecule has 3 nitrogen and oxygen atoms in total. The molecule has 0 bridgehead atoms. The second-order valence-corrected chi connectivity index (χ2v) is 6.04. The molecule has 2 heterocycles. The van der Waals surface area contributed by atoms with Crippen molar-refractivity contribution < 1.29 is 4.74 Å². The van der Waals surface area contributed by atoms with Crippen LogP contribution in [-0.2, 0) is 5.41 Å². The Kier molecular flexibility index (Phi) is 2.37. The third-order valence-corrected chi connectivity index (χ3v) is 2.79. The van der Waals surface area contributed by atoms with Crippen LogP contribution in [0.4, 0.5) is 5.82 Å². The summed E-state index contributed by atoms with van der Waals surface area (Å²) in [5.74, 6) is 1.72. The van der Waals surface area contributed by atoms with Crippen LogP contribution in [0.3, 0.4) is 0 Å². The molecule has 0 amide bonds. The molecular formula is C13H20N2O. The van der Waals surface area contributed by atoms with Crippen molar-refractivity contribution in [1.29, 1.82) is 0 Å². The van der Waals surface area contributed by atoms with Crippen LogP contribution in [0.5, 0.6) is 5.75 Å². The Labute approximate surface area is 97.2 Å². The third kappa shape index (κ3) is 2.13. The molecule has 0 unspecified atom stereocenters. The molecule has 0 radical (unpaired) electrons.